The molecule has 1 atom stereocenters. The summed E-state index contributed by atoms with van der Waals surface area (Å²) in [6.45, 7) is 4.23. The molecule has 1 amide bonds. The third kappa shape index (κ3) is 5.99. The minimum Gasteiger partial charge on any atom is -0.379 e. The zero-order valence-electron chi connectivity index (χ0n) is 20.8. The number of hydrogen-bond donors (Lipinski definition) is 0. The van der Waals surface area contributed by atoms with E-state index in [4.69, 9.17) is 4.18 Å². The van der Waals surface area contributed by atoms with Crippen molar-refractivity contribution in [3.8, 4) is 5.75 Å². The average molecular weight is 542 g/mol. The molecule has 0 spiro atoms. The molecule has 0 bridgehead atoms. The Morgan fingerprint density at radius 2 is 1.58 bits per heavy atom. The first-order valence-corrected chi connectivity index (χ1v) is 13.4. The van der Waals surface area contributed by atoms with Crippen LogP contribution in [0.2, 0.25) is 0 Å². The van der Waals surface area contributed by atoms with Crippen LogP contribution in [0, 0.1) is 0 Å². The van der Waals surface area contributed by atoms with Crippen LogP contribution in [-0.4, -0.2) is 25.3 Å². The summed E-state index contributed by atoms with van der Waals surface area (Å²) in [7, 11) is -4.48. The summed E-state index contributed by atoms with van der Waals surface area (Å²) in [6, 6.07) is 22.7. The molecule has 38 heavy (non-hydrogen) atoms. The van der Waals surface area contributed by atoms with E-state index in [9.17, 15) is 26.4 Å². The fraction of sp³-hybridized carbons (Fsp3) is 0.207. The summed E-state index contributed by atoms with van der Waals surface area (Å²) < 4.78 is 69.2. The largest absolute Gasteiger partial charge is 0.416 e. The van der Waals surface area contributed by atoms with Crippen molar-refractivity contribution in [2.45, 2.75) is 43.9 Å². The van der Waals surface area contributed by atoms with Crippen LogP contribution in [0.5, 0.6) is 5.75 Å². The molecule has 0 aliphatic rings. The maximum atomic E-state index is 13.6. The van der Waals surface area contributed by atoms with E-state index in [2.05, 4.69) is 0 Å². The smallest absolute Gasteiger partial charge is 0.379 e. The minimum atomic E-state index is -4.68. The van der Waals surface area contributed by atoms with Crippen molar-refractivity contribution in [1.82, 2.24) is 4.90 Å². The van der Waals surface area contributed by atoms with E-state index in [1.807, 2.05) is 50.2 Å². The summed E-state index contributed by atoms with van der Waals surface area (Å²) in [4.78, 5) is 14.8. The first-order chi connectivity index (χ1) is 18.0. The van der Waals surface area contributed by atoms with Gasteiger partial charge in [0.25, 0.3) is 5.91 Å². The van der Waals surface area contributed by atoms with Gasteiger partial charge in [0.05, 0.1) is 5.56 Å². The highest BCUT2D eigenvalue weighted by Crippen LogP contribution is 2.31. The van der Waals surface area contributed by atoms with E-state index in [0.717, 1.165) is 41.0 Å². The van der Waals surface area contributed by atoms with Crippen molar-refractivity contribution in [2.24, 2.45) is 0 Å². The van der Waals surface area contributed by atoms with Crippen LogP contribution in [0.3, 0.4) is 0 Å². The molecule has 0 fully saturated rings. The van der Waals surface area contributed by atoms with Gasteiger partial charge >= 0.3 is 16.3 Å². The second-order valence-electron chi connectivity index (χ2n) is 8.92. The maximum absolute atomic E-state index is 13.6. The number of nitrogens with zero attached hydrogens (tertiary/aromatic N) is 1. The van der Waals surface area contributed by atoms with Gasteiger partial charge in [-0.15, -0.1) is 0 Å². The van der Waals surface area contributed by atoms with Crippen LogP contribution in [-0.2, 0) is 22.8 Å². The summed E-state index contributed by atoms with van der Waals surface area (Å²) in [5.41, 5.74) is 0.247. The molecule has 5 nitrogen and oxygen atoms in total. The number of fused-ring (bicyclic) bond motifs is 1. The fourth-order valence-electron chi connectivity index (χ4n) is 4.06. The normalized spacial score (nSPS) is 12.8. The lowest BCUT2D eigenvalue weighted by Crippen LogP contribution is -2.37. The molecule has 0 heterocycles. The van der Waals surface area contributed by atoms with E-state index in [1.165, 1.54) is 12.1 Å². The Morgan fingerprint density at radius 1 is 0.921 bits per heavy atom. The van der Waals surface area contributed by atoms with Crippen LogP contribution in [0.15, 0.2) is 95.9 Å². The fourth-order valence-corrected chi connectivity index (χ4v) is 5.04. The molecule has 0 aliphatic carbocycles. The molecule has 1 unspecified atom stereocenters. The molecule has 0 radical (unpaired) electrons. The highest BCUT2D eigenvalue weighted by molar-refractivity contribution is 7.87. The number of benzene rings is 4. The van der Waals surface area contributed by atoms with Gasteiger partial charge < -0.3 is 9.08 Å². The van der Waals surface area contributed by atoms with Crippen LogP contribution < -0.4 is 4.18 Å². The molecule has 198 valence electrons. The van der Waals surface area contributed by atoms with Crippen molar-refractivity contribution < 1.29 is 30.6 Å². The number of rotatable bonds is 8. The third-order valence-electron chi connectivity index (χ3n) is 6.34. The topological polar surface area (TPSA) is 63.7 Å². The van der Waals surface area contributed by atoms with Gasteiger partial charge in [-0.2, -0.15) is 21.6 Å². The zero-order chi connectivity index (χ0) is 27.5. The van der Waals surface area contributed by atoms with Crippen LogP contribution in [0.4, 0.5) is 13.2 Å². The summed E-state index contributed by atoms with van der Waals surface area (Å²) in [6.07, 6.45) is -3.95. The van der Waals surface area contributed by atoms with Gasteiger partial charge in [-0.05, 0) is 66.1 Å². The van der Waals surface area contributed by atoms with Crippen LogP contribution >= 0.6 is 0 Å². The van der Waals surface area contributed by atoms with Crippen molar-refractivity contribution in [2.75, 3.05) is 0 Å². The van der Waals surface area contributed by atoms with Crippen molar-refractivity contribution in [1.29, 1.82) is 0 Å². The second-order valence-corrected chi connectivity index (χ2v) is 10.5. The summed E-state index contributed by atoms with van der Waals surface area (Å²) in [5, 5.41) is 1.82. The van der Waals surface area contributed by atoms with Crippen LogP contribution in [0.1, 0.15) is 41.8 Å². The number of alkyl halides is 3. The lowest BCUT2D eigenvalue weighted by Gasteiger charge is -2.29. The number of amides is 1. The first kappa shape index (κ1) is 27.2. The molecule has 4 rings (SSSR count). The predicted octanol–water partition coefficient (Wildman–Crippen LogP) is 7.07. The zero-order valence-corrected chi connectivity index (χ0v) is 21.6. The van der Waals surface area contributed by atoms with E-state index >= 15 is 0 Å². The molecule has 0 aromatic heterocycles. The third-order valence-corrected chi connectivity index (χ3v) is 7.58. The van der Waals surface area contributed by atoms with Gasteiger partial charge in [0.15, 0.2) is 0 Å². The predicted molar refractivity (Wildman–Crippen MR) is 139 cm³/mol. The van der Waals surface area contributed by atoms with E-state index < -0.39 is 26.8 Å². The maximum Gasteiger partial charge on any atom is 0.416 e. The van der Waals surface area contributed by atoms with Gasteiger partial charge in [-0.1, -0.05) is 61.5 Å². The first-order valence-electron chi connectivity index (χ1n) is 12.0. The number of hydrogen-bond acceptors (Lipinski definition) is 4. The van der Waals surface area contributed by atoms with E-state index in [0.29, 0.717) is 11.6 Å². The number of carbonyl (C=O) groups is 1. The van der Waals surface area contributed by atoms with E-state index in [1.54, 1.807) is 23.1 Å². The highest BCUT2D eigenvalue weighted by Gasteiger charge is 2.32. The van der Waals surface area contributed by atoms with Gasteiger partial charge in [-0.25, -0.2) is 0 Å². The van der Waals surface area contributed by atoms with Gasteiger partial charge in [0.1, 0.15) is 10.6 Å². The summed E-state index contributed by atoms with van der Waals surface area (Å²) in [5.74, 6) is -0.176. The highest BCUT2D eigenvalue weighted by atomic mass is 32.2. The standard InChI is InChI=1S/C29H26F3NO4S/c1-3-20(2)33(28(34)27-13-6-9-22-8-4-5-12-26(22)27)19-21-14-16-24(17-15-21)37-38(35,36)25-11-7-10-23(18-25)29(30,31)32/h4-18,20H,3,19H2,1-2H3. The monoisotopic (exact) mass is 541 g/mol. The van der Waals surface area contributed by atoms with Crippen molar-refractivity contribution in [3.63, 3.8) is 0 Å². The Morgan fingerprint density at radius 3 is 2.26 bits per heavy atom. The second kappa shape index (κ2) is 10.9. The Kier molecular flexibility index (Phi) is 7.78. The van der Waals surface area contributed by atoms with Gasteiger partial charge in [0.2, 0.25) is 0 Å². The molecule has 9 heteroatoms. The molecule has 4 aromatic rings. The SMILES string of the molecule is CCC(C)N(Cc1ccc(OS(=O)(=O)c2cccc(C(F)(F)F)c2)cc1)C(=O)c1cccc2ccccc12. The Labute approximate surface area is 219 Å². The quantitative estimate of drug-likeness (QED) is 0.224. The van der Waals surface area contributed by atoms with E-state index in [-0.39, 0.29) is 24.2 Å². The molecular weight excluding hydrogens is 515 g/mol. The Hall–Kier alpha value is -3.85. The summed E-state index contributed by atoms with van der Waals surface area (Å²) >= 11 is 0. The van der Waals surface area contributed by atoms with Crippen molar-refractivity contribution >= 4 is 26.8 Å². The Balaban J connectivity index is 1.54. The molecule has 0 saturated heterocycles. The lowest BCUT2D eigenvalue weighted by atomic mass is 10.0. The Bertz CT molecular complexity index is 1550. The molecular formula is C29H26F3NO4S. The lowest BCUT2D eigenvalue weighted by molar-refractivity contribution is -0.137. The van der Waals surface area contributed by atoms with Crippen molar-refractivity contribution in [3.05, 3.63) is 108 Å². The average Bonchev–Trinajstić information content (AvgIpc) is 2.91. The van der Waals surface area contributed by atoms with Gasteiger partial charge in [-0.3, -0.25) is 4.79 Å². The number of carbonyl (C=O) groups excluding carboxylic acids is 1. The minimum absolute atomic E-state index is 0.0540. The molecule has 0 saturated carbocycles. The van der Waals surface area contributed by atoms with Gasteiger partial charge in [0, 0.05) is 18.2 Å². The van der Waals surface area contributed by atoms with Crippen LogP contribution in [0.25, 0.3) is 10.8 Å². The molecule has 0 aliphatic heterocycles. The molecule has 0 N–H and O–H groups in total. The number of halogens is 3. The molecule has 4 aromatic carbocycles.